The molecule has 0 N–H and O–H groups in total. The van der Waals surface area contributed by atoms with Crippen LogP contribution >= 0.6 is 23.1 Å². The molecule has 1 aliphatic carbocycles. The van der Waals surface area contributed by atoms with Crippen LogP contribution in [0.3, 0.4) is 0 Å². The molecule has 0 radical (unpaired) electrons. The molecule has 0 spiro atoms. The van der Waals surface area contributed by atoms with Crippen LogP contribution in [0.25, 0.3) is 21.5 Å². The van der Waals surface area contributed by atoms with Gasteiger partial charge in [0.1, 0.15) is 16.2 Å². The van der Waals surface area contributed by atoms with E-state index in [0.717, 1.165) is 39.0 Å². The van der Waals surface area contributed by atoms with Crippen molar-refractivity contribution in [3.63, 3.8) is 0 Å². The van der Waals surface area contributed by atoms with Gasteiger partial charge in [-0.1, -0.05) is 47.3 Å². The van der Waals surface area contributed by atoms with E-state index in [-0.39, 0.29) is 0 Å². The average Bonchev–Trinajstić information content (AvgIpc) is 3.36. The van der Waals surface area contributed by atoms with Gasteiger partial charge in [0.25, 0.3) is 0 Å². The molecule has 0 unspecified atom stereocenters. The van der Waals surface area contributed by atoms with Gasteiger partial charge >= 0.3 is 0 Å². The molecule has 5 rings (SSSR count). The van der Waals surface area contributed by atoms with E-state index in [9.17, 15) is 0 Å². The summed E-state index contributed by atoms with van der Waals surface area (Å²) < 4.78 is 5.49. The van der Waals surface area contributed by atoms with Crippen LogP contribution in [0, 0.1) is 0 Å². The van der Waals surface area contributed by atoms with Crippen LogP contribution in [0.15, 0.2) is 52.3 Å². The van der Waals surface area contributed by atoms with Crippen molar-refractivity contribution in [3.8, 4) is 11.3 Å². The minimum Gasteiger partial charge on any atom is -0.356 e. The molecule has 0 saturated heterocycles. The van der Waals surface area contributed by atoms with Gasteiger partial charge in [0.15, 0.2) is 5.76 Å². The van der Waals surface area contributed by atoms with Crippen LogP contribution < -0.4 is 0 Å². The minimum absolute atomic E-state index is 0.743. The zero-order chi connectivity index (χ0) is 16.6. The molecule has 0 aliphatic heterocycles. The van der Waals surface area contributed by atoms with E-state index < -0.39 is 0 Å². The van der Waals surface area contributed by atoms with E-state index >= 15 is 0 Å². The third kappa shape index (κ3) is 2.75. The zero-order valence-corrected chi connectivity index (χ0v) is 15.1. The summed E-state index contributed by atoms with van der Waals surface area (Å²) in [5.41, 5.74) is 3.45. The predicted octanol–water partition coefficient (Wildman–Crippen LogP) is 5.13. The standard InChI is InChI=1S/C19H15N3OS2/c1-2-5-12(6-3-1)15-9-13(22-23-15)10-24-18-17-14-7-4-8-16(14)25-19(17)21-11-20-18/h1-3,5-6,9,11H,4,7-8,10H2. The van der Waals surface area contributed by atoms with Crippen LogP contribution in [0.2, 0.25) is 0 Å². The smallest absolute Gasteiger partial charge is 0.167 e. The van der Waals surface area contributed by atoms with Gasteiger partial charge in [-0.2, -0.15) is 0 Å². The van der Waals surface area contributed by atoms with Crippen LogP contribution in [0.5, 0.6) is 0 Å². The number of aromatic nitrogens is 3. The van der Waals surface area contributed by atoms with Gasteiger partial charge in [-0.15, -0.1) is 11.3 Å². The molecular formula is C19H15N3OS2. The number of hydrogen-bond acceptors (Lipinski definition) is 6. The second-order valence-corrected chi connectivity index (χ2v) is 8.10. The summed E-state index contributed by atoms with van der Waals surface area (Å²) in [4.78, 5) is 11.6. The Balaban J connectivity index is 1.40. The number of rotatable bonds is 4. The van der Waals surface area contributed by atoms with Crippen LogP contribution in [0.1, 0.15) is 22.6 Å². The summed E-state index contributed by atoms with van der Waals surface area (Å²) in [5.74, 6) is 1.55. The molecule has 4 aromatic rings. The summed E-state index contributed by atoms with van der Waals surface area (Å²) in [6.07, 6.45) is 5.26. The molecule has 1 aromatic carbocycles. The monoisotopic (exact) mass is 365 g/mol. The molecule has 0 amide bonds. The fourth-order valence-electron chi connectivity index (χ4n) is 3.27. The fourth-order valence-corrected chi connectivity index (χ4v) is 5.47. The lowest BCUT2D eigenvalue weighted by Gasteiger charge is -2.02. The summed E-state index contributed by atoms with van der Waals surface area (Å²) in [7, 11) is 0. The van der Waals surface area contributed by atoms with E-state index in [1.165, 1.54) is 28.7 Å². The van der Waals surface area contributed by atoms with Crippen molar-refractivity contribution < 1.29 is 4.52 Å². The maximum Gasteiger partial charge on any atom is 0.167 e. The van der Waals surface area contributed by atoms with Gasteiger partial charge < -0.3 is 4.52 Å². The van der Waals surface area contributed by atoms with Crippen LogP contribution in [-0.4, -0.2) is 15.1 Å². The Bertz CT molecular complexity index is 1040. The molecule has 3 aromatic heterocycles. The number of aryl methyl sites for hydroxylation is 2. The van der Waals surface area contributed by atoms with Crippen molar-refractivity contribution >= 4 is 33.3 Å². The number of nitrogens with zero attached hydrogens (tertiary/aromatic N) is 3. The summed E-state index contributed by atoms with van der Waals surface area (Å²) in [5, 5.41) is 6.54. The van der Waals surface area contributed by atoms with Gasteiger partial charge in [-0.25, -0.2) is 9.97 Å². The van der Waals surface area contributed by atoms with Gasteiger partial charge in [-0.05, 0) is 24.8 Å². The molecule has 3 heterocycles. The van der Waals surface area contributed by atoms with Crippen molar-refractivity contribution in [2.75, 3.05) is 0 Å². The Morgan fingerprint density at radius 2 is 2.04 bits per heavy atom. The molecule has 0 fully saturated rings. The van der Waals surface area contributed by atoms with Crippen molar-refractivity contribution in [3.05, 3.63) is 58.9 Å². The molecule has 0 saturated carbocycles. The highest BCUT2D eigenvalue weighted by molar-refractivity contribution is 7.98. The zero-order valence-electron chi connectivity index (χ0n) is 13.4. The normalized spacial score (nSPS) is 13.4. The van der Waals surface area contributed by atoms with E-state index in [4.69, 9.17) is 4.52 Å². The van der Waals surface area contributed by atoms with Crippen molar-refractivity contribution in [2.24, 2.45) is 0 Å². The predicted molar refractivity (Wildman–Crippen MR) is 101 cm³/mol. The Kier molecular flexibility index (Phi) is 3.79. The van der Waals surface area contributed by atoms with Crippen molar-refractivity contribution in [1.82, 2.24) is 15.1 Å². The summed E-state index contributed by atoms with van der Waals surface area (Å²) in [6, 6.07) is 12.1. The Labute approximate surface area is 153 Å². The fraction of sp³-hybridized carbons (Fsp3) is 0.211. The molecule has 0 atom stereocenters. The number of hydrogen-bond donors (Lipinski definition) is 0. The first-order chi connectivity index (χ1) is 12.4. The van der Waals surface area contributed by atoms with E-state index in [0.29, 0.717) is 0 Å². The quantitative estimate of drug-likeness (QED) is 0.371. The van der Waals surface area contributed by atoms with Gasteiger partial charge in [0.2, 0.25) is 0 Å². The number of benzene rings is 1. The molecule has 0 bridgehead atoms. The highest BCUT2D eigenvalue weighted by atomic mass is 32.2. The molecular weight excluding hydrogens is 350 g/mol. The molecule has 1 aliphatic rings. The largest absolute Gasteiger partial charge is 0.356 e. The van der Waals surface area contributed by atoms with Crippen LogP contribution in [-0.2, 0) is 18.6 Å². The first-order valence-corrected chi connectivity index (χ1v) is 10.1. The van der Waals surface area contributed by atoms with Crippen molar-refractivity contribution in [2.45, 2.75) is 30.0 Å². The SMILES string of the molecule is c1ccc(-c2cc(CSc3ncnc4sc5c(c34)CCC5)no2)cc1. The van der Waals surface area contributed by atoms with E-state index in [2.05, 4.69) is 15.1 Å². The average molecular weight is 365 g/mol. The van der Waals surface area contributed by atoms with Gasteiger partial charge in [0, 0.05) is 27.6 Å². The van der Waals surface area contributed by atoms with E-state index in [1.54, 1.807) is 18.1 Å². The highest BCUT2D eigenvalue weighted by Gasteiger charge is 2.21. The number of thioether (sulfide) groups is 1. The topological polar surface area (TPSA) is 51.8 Å². The van der Waals surface area contributed by atoms with Gasteiger partial charge in [0.05, 0.1) is 5.69 Å². The number of thiophene rings is 1. The maximum absolute atomic E-state index is 5.49. The molecule has 6 heteroatoms. The minimum atomic E-state index is 0.743. The third-order valence-electron chi connectivity index (χ3n) is 4.44. The lowest BCUT2D eigenvalue weighted by Crippen LogP contribution is -1.88. The van der Waals surface area contributed by atoms with Crippen LogP contribution in [0.4, 0.5) is 0 Å². The summed E-state index contributed by atoms with van der Waals surface area (Å²) in [6.45, 7) is 0. The second kappa shape index (κ2) is 6.28. The van der Waals surface area contributed by atoms with Gasteiger partial charge in [-0.3, -0.25) is 0 Å². The Morgan fingerprint density at radius 1 is 1.12 bits per heavy atom. The lowest BCUT2D eigenvalue weighted by atomic mass is 10.2. The second-order valence-electron chi connectivity index (χ2n) is 6.05. The summed E-state index contributed by atoms with van der Waals surface area (Å²) >= 11 is 3.54. The Morgan fingerprint density at radius 3 is 2.96 bits per heavy atom. The Hall–Kier alpha value is -2.18. The highest BCUT2D eigenvalue weighted by Crippen LogP contribution is 2.40. The molecule has 25 heavy (non-hydrogen) atoms. The third-order valence-corrected chi connectivity index (χ3v) is 6.66. The van der Waals surface area contributed by atoms with E-state index in [1.807, 2.05) is 47.7 Å². The molecule has 4 nitrogen and oxygen atoms in total. The first-order valence-electron chi connectivity index (χ1n) is 8.27. The maximum atomic E-state index is 5.49. The van der Waals surface area contributed by atoms with Crippen molar-refractivity contribution in [1.29, 1.82) is 0 Å². The molecule has 124 valence electrons. The number of fused-ring (bicyclic) bond motifs is 3. The lowest BCUT2D eigenvalue weighted by molar-refractivity contribution is 0.426. The first kappa shape index (κ1) is 15.1.